The summed E-state index contributed by atoms with van der Waals surface area (Å²) < 4.78 is 0. The molecule has 3 amide bonds. The first-order chi connectivity index (χ1) is 20.3. The highest BCUT2D eigenvalue weighted by molar-refractivity contribution is 5.86. The van der Waals surface area contributed by atoms with Crippen LogP contribution in [0.25, 0.3) is 0 Å². The molecule has 0 aromatic heterocycles. The van der Waals surface area contributed by atoms with Crippen LogP contribution in [0.1, 0.15) is 37.0 Å². The SMILES string of the molecule is CC(C)C(C(=O)O)N(C)C(=O)N1CCCN(C(=O)C2CN2C(c2ccccc2)(c2ccccc2)c2ccccc2)CC1. The Morgan fingerprint density at radius 3 is 1.67 bits per heavy atom. The number of benzene rings is 3. The van der Waals surface area contributed by atoms with E-state index >= 15 is 0 Å². The van der Waals surface area contributed by atoms with E-state index in [4.69, 9.17) is 0 Å². The molecule has 3 unspecified atom stereocenters. The van der Waals surface area contributed by atoms with Gasteiger partial charge < -0.3 is 19.8 Å². The Hall–Kier alpha value is -4.17. The van der Waals surface area contributed by atoms with Crippen molar-refractivity contribution in [2.75, 3.05) is 39.8 Å². The van der Waals surface area contributed by atoms with Crippen LogP contribution in [0.5, 0.6) is 0 Å². The van der Waals surface area contributed by atoms with E-state index in [1.165, 1.54) is 4.90 Å². The van der Waals surface area contributed by atoms with E-state index in [1.807, 2.05) is 59.5 Å². The fourth-order valence-electron chi connectivity index (χ4n) is 6.54. The number of rotatable bonds is 8. The summed E-state index contributed by atoms with van der Waals surface area (Å²) in [6.07, 6.45) is 0.638. The summed E-state index contributed by atoms with van der Waals surface area (Å²) in [5.41, 5.74) is 2.67. The van der Waals surface area contributed by atoms with Crippen LogP contribution < -0.4 is 0 Å². The fraction of sp³-hybridized carbons (Fsp3) is 0.382. The Kier molecular flexibility index (Phi) is 8.64. The second-order valence-electron chi connectivity index (χ2n) is 11.6. The molecule has 0 radical (unpaired) electrons. The summed E-state index contributed by atoms with van der Waals surface area (Å²) in [5, 5.41) is 9.67. The van der Waals surface area contributed by atoms with Crippen LogP contribution in [0.3, 0.4) is 0 Å². The molecule has 0 saturated carbocycles. The first-order valence-corrected chi connectivity index (χ1v) is 14.7. The van der Waals surface area contributed by atoms with Gasteiger partial charge in [0.1, 0.15) is 12.1 Å². The van der Waals surface area contributed by atoms with E-state index in [9.17, 15) is 19.5 Å². The maximum absolute atomic E-state index is 14.1. The number of carbonyl (C=O) groups excluding carboxylic acids is 2. The lowest BCUT2D eigenvalue weighted by atomic mass is 9.76. The number of amides is 3. The van der Waals surface area contributed by atoms with Crippen LogP contribution in [0.2, 0.25) is 0 Å². The molecular weight excluding hydrogens is 528 g/mol. The van der Waals surface area contributed by atoms with Gasteiger partial charge >= 0.3 is 12.0 Å². The Morgan fingerprint density at radius 1 is 0.762 bits per heavy atom. The number of hydrogen-bond acceptors (Lipinski definition) is 4. The van der Waals surface area contributed by atoms with Crippen LogP contribution in [0.4, 0.5) is 4.79 Å². The molecule has 1 N–H and O–H groups in total. The molecule has 2 aliphatic heterocycles. The van der Waals surface area contributed by atoms with Crippen molar-refractivity contribution in [3.05, 3.63) is 108 Å². The Balaban J connectivity index is 1.38. The molecular formula is C34H40N4O4. The molecule has 2 aliphatic rings. The number of hydrogen-bond donors (Lipinski definition) is 1. The molecule has 2 heterocycles. The maximum atomic E-state index is 14.1. The standard InChI is InChI=1S/C34H40N4O4/c1-25(2)30(32(40)41)35(3)33(42)37-21-13-20-36(22-23-37)31(39)29-24-38(29)34(26-14-7-4-8-15-26,27-16-9-5-10-17-27)28-18-11-6-12-19-28/h4-12,14-19,25,29-30H,13,20-24H2,1-3H3,(H,40,41). The van der Waals surface area contributed by atoms with Gasteiger partial charge in [0.05, 0.1) is 5.54 Å². The number of urea groups is 1. The van der Waals surface area contributed by atoms with Crippen molar-refractivity contribution in [1.82, 2.24) is 19.6 Å². The molecule has 2 saturated heterocycles. The summed E-state index contributed by atoms with van der Waals surface area (Å²) in [6.45, 7) is 6.03. The average molecular weight is 569 g/mol. The molecule has 3 atom stereocenters. The molecule has 3 aromatic carbocycles. The van der Waals surface area contributed by atoms with Gasteiger partial charge in [-0.25, -0.2) is 9.59 Å². The molecule has 220 valence electrons. The van der Waals surface area contributed by atoms with Gasteiger partial charge in [-0.3, -0.25) is 9.69 Å². The number of aliphatic carboxylic acids is 1. The van der Waals surface area contributed by atoms with Crippen LogP contribution in [-0.4, -0.2) is 94.5 Å². The van der Waals surface area contributed by atoms with Crippen molar-refractivity contribution >= 4 is 17.9 Å². The van der Waals surface area contributed by atoms with Gasteiger partial charge in [0, 0.05) is 39.8 Å². The Morgan fingerprint density at radius 2 is 1.21 bits per heavy atom. The van der Waals surface area contributed by atoms with Gasteiger partial charge in [-0.05, 0) is 29.0 Å². The van der Waals surface area contributed by atoms with Gasteiger partial charge in [0.2, 0.25) is 5.91 Å². The third kappa shape index (κ3) is 5.51. The quantitative estimate of drug-likeness (QED) is 0.323. The van der Waals surface area contributed by atoms with Crippen LogP contribution in [0.15, 0.2) is 91.0 Å². The molecule has 3 aromatic rings. The number of carboxylic acids is 1. The highest BCUT2D eigenvalue weighted by Gasteiger charge is 2.56. The van der Waals surface area contributed by atoms with Crippen molar-refractivity contribution in [3.63, 3.8) is 0 Å². The van der Waals surface area contributed by atoms with Gasteiger partial charge in [0.15, 0.2) is 0 Å². The van der Waals surface area contributed by atoms with E-state index in [1.54, 1.807) is 25.8 Å². The van der Waals surface area contributed by atoms with E-state index in [-0.39, 0.29) is 23.9 Å². The van der Waals surface area contributed by atoms with E-state index in [0.717, 1.165) is 16.7 Å². The highest BCUT2D eigenvalue weighted by atomic mass is 16.4. The third-order valence-electron chi connectivity index (χ3n) is 8.58. The number of nitrogens with zero attached hydrogens (tertiary/aromatic N) is 4. The minimum atomic E-state index is -1.01. The highest BCUT2D eigenvalue weighted by Crippen LogP contribution is 2.48. The predicted octanol–water partition coefficient (Wildman–Crippen LogP) is 4.36. The summed E-state index contributed by atoms with van der Waals surface area (Å²) in [7, 11) is 1.55. The van der Waals surface area contributed by atoms with E-state index in [0.29, 0.717) is 39.1 Å². The normalized spacial score (nSPS) is 19.6. The second kappa shape index (κ2) is 12.4. The topological polar surface area (TPSA) is 84.2 Å². The van der Waals surface area contributed by atoms with Crippen LogP contribution in [-0.2, 0) is 15.1 Å². The number of likely N-dealkylation sites (N-methyl/N-ethyl adjacent to an activating group) is 1. The number of carbonyl (C=O) groups is 3. The van der Waals surface area contributed by atoms with Crippen molar-refractivity contribution in [3.8, 4) is 0 Å². The molecule has 8 heteroatoms. The monoisotopic (exact) mass is 568 g/mol. The largest absolute Gasteiger partial charge is 0.480 e. The minimum absolute atomic E-state index is 0.0652. The van der Waals surface area contributed by atoms with E-state index in [2.05, 4.69) is 41.3 Å². The minimum Gasteiger partial charge on any atom is -0.480 e. The Labute approximate surface area is 248 Å². The fourth-order valence-corrected chi connectivity index (χ4v) is 6.54. The summed E-state index contributed by atoms with van der Waals surface area (Å²) in [6, 6.07) is 29.6. The van der Waals surface area contributed by atoms with Gasteiger partial charge in [-0.2, -0.15) is 0 Å². The smallest absolute Gasteiger partial charge is 0.326 e. The Bertz CT molecular complexity index is 1290. The summed E-state index contributed by atoms with van der Waals surface area (Å²) in [4.78, 5) is 46.3. The zero-order valence-electron chi connectivity index (χ0n) is 24.6. The lowest BCUT2D eigenvalue weighted by molar-refractivity contribution is -0.143. The molecule has 0 spiro atoms. The van der Waals surface area contributed by atoms with E-state index < -0.39 is 17.6 Å². The number of carboxylic acid groups (broad SMARTS) is 1. The van der Waals surface area contributed by atoms with Crippen LogP contribution in [0, 0.1) is 5.92 Å². The van der Waals surface area contributed by atoms with Gasteiger partial charge in [0.25, 0.3) is 0 Å². The van der Waals surface area contributed by atoms with Crippen LogP contribution >= 0.6 is 0 Å². The lowest BCUT2D eigenvalue weighted by Gasteiger charge is -2.38. The molecule has 2 fully saturated rings. The first kappa shape index (κ1) is 29.3. The van der Waals surface area contributed by atoms with Gasteiger partial charge in [-0.1, -0.05) is 105 Å². The lowest BCUT2D eigenvalue weighted by Crippen LogP contribution is -2.52. The molecule has 8 nitrogen and oxygen atoms in total. The van der Waals surface area contributed by atoms with Crippen molar-refractivity contribution < 1.29 is 19.5 Å². The zero-order chi connectivity index (χ0) is 29.9. The average Bonchev–Trinajstić information content (AvgIpc) is 3.83. The molecule has 0 bridgehead atoms. The summed E-state index contributed by atoms with van der Waals surface area (Å²) in [5.74, 6) is -1.17. The second-order valence-corrected chi connectivity index (χ2v) is 11.6. The predicted molar refractivity (Wildman–Crippen MR) is 162 cm³/mol. The van der Waals surface area contributed by atoms with Gasteiger partial charge in [-0.15, -0.1) is 0 Å². The zero-order valence-corrected chi connectivity index (χ0v) is 24.6. The van der Waals surface area contributed by atoms with Crippen molar-refractivity contribution in [1.29, 1.82) is 0 Å². The third-order valence-corrected chi connectivity index (χ3v) is 8.58. The van der Waals surface area contributed by atoms with Crippen molar-refractivity contribution in [2.45, 2.75) is 37.9 Å². The molecule has 0 aliphatic carbocycles. The summed E-state index contributed by atoms with van der Waals surface area (Å²) >= 11 is 0. The first-order valence-electron chi connectivity index (χ1n) is 14.7. The maximum Gasteiger partial charge on any atom is 0.326 e. The molecule has 5 rings (SSSR count). The van der Waals surface area contributed by atoms with Crippen molar-refractivity contribution in [2.24, 2.45) is 5.92 Å². The molecule has 42 heavy (non-hydrogen) atoms.